The number of methoxy groups -OCH3 is 1. The third-order valence-electron chi connectivity index (χ3n) is 4.13. The van der Waals surface area contributed by atoms with E-state index < -0.39 is 11.8 Å². The van der Waals surface area contributed by atoms with E-state index in [0.717, 1.165) is 6.42 Å². The van der Waals surface area contributed by atoms with Gasteiger partial charge in [0.1, 0.15) is 5.57 Å². The number of benzene rings is 1. The van der Waals surface area contributed by atoms with Gasteiger partial charge >= 0.3 is 0 Å². The lowest BCUT2D eigenvalue weighted by atomic mass is 10.1. The number of rotatable bonds is 5. The van der Waals surface area contributed by atoms with Crippen molar-refractivity contribution in [3.63, 3.8) is 0 Å². The Morgan fingerprint density at radius 3 is 2.27 bits per heavy atom. The molecule has 140 valence electrons. The van der Waals surface area contributed by atoms with E-state index in [0.29, 0.717) is 21.5 Å². The van der Waals surface area contributed by atoms with E-state index in [1.165, 1.54) is 15.9 Å². The maximum Gasteiger partial charge on any atom is 0.265 e. The number of amides is 2. The van der Waals surface area contributed by atoms with Gasteiger partial charge < -0.3 is 9.47 Å². The molecule has 2 amide bonds. The first-order valence-corrected chi connectivity index (χ1v) is 9.27. The predicted molar refractivity (Wildman–Crippen MR) is 107 cm³/mol. The highest BCUT2D eigenvalue weighted by molar-refractivity contribution is 9.10. The van der Waals surface area contributed by atoms with Gasteiger partial charge in [0.2, 0.25) is 0 Å². The van der Waals surface area contributed by atoms with Crippen molar-refractivity contribution < 1.29 is 19.1 Å². The molecule has 1 aromatic rings. The van der Waals surface area contributed by atoms with Gasteiger partial charge in [0, 0.05) is 18.6 Å². The molecule has 26 heavy (non-hydrogen) atoms. The molecule has 8 heteroatoms. The van der Waals surface area contributed by atoms with Crippen molar-refractivity contribution >= 4 is 51.2 Å². The molecule has 0 aromatic heterocycles. The molecule has 0 bridgehead atoms. The number of thiocarbonyl (C=S) groups is 1. The molecule has 2 rings (SSSR count). The molecule has 0 N–H and O–H groups in total. The SMILES string of the molecule is CC[C@@H](C)Oc1cc(Br)c(C=C2C(=O)N(C)C(=S)N(C)C2=O)cc1OC. The second-order valence-corrected chi connectivity index (χ2v) is 7.15. The van der Waals surface area contributed by atoms with Crippen molar-refractivity contribution in [3.05, 3.63) is 27.7 Å². The van der Waals surface area contributed by atoms with Crippen LogP contribution in [0.2, 0.25) is 0 Å². The fourth-order valence-corrected chi connectivity index (χ4v) is 2.95. The summed E-state index contributed by atoms with van der Waals surface area (Å²) in [6, 6.07) is 3.50. The third-order valence-corrected chi connectivity index (χ3v) is 5.36. The predicted octanol–water partition coefficient (Wildman–Crippen LogP) is 3.23. The van der Waals surface area contributed by atoms with E-state index in [2.05, 4.69) is 15.9 Å². The smallest absolute Gasteiger partial charge is 0.265 e. The molecular weight excluding hydrogens is 420 g/mol. The topological polar surface area (TPSA) is 59.1 Å². The van der Waals surface area contributed by atoms with E-state index in [-0.39, 0.29) is 16.8 Å². The zero-order valence-corrected chi connectivity index (χ0v) is 17.7. The molecule has 0 aliphatic carbocycles. The van der Waals surface area contributed by atoms with Crippen molar-refractivity contribution in [1.82, 2.24) is 9.80 Å². The summed E-state index contributed by atoms with van der Waals surface area (Å²) in [5.74, 6) is 0.230. The van der Waals surface area contributed by atoms with Gasteiger partial charge in [0.05, 0.1) is 13.2 Å². The molecule has 1 heterocycles. The number of halogens is 1. The highest BCUT2D eigenvalue weighted by Crippen LogP contribution is 2.36. The van der Waals surface area contributed by atoms with Crippen LogP contribution < -0.4 is 9.47 Å². The van der Waals surface area contributed by atoms with Gasteiger partial charge in [-0.05, 0) is 49.3 Å². The van der Waals surface area contributed by atoms with Crippen molar-refractivity contribution in [2.45, 2.75) is 26.4 Å². The average molecular weight is 441 g/mol. The van der Waals surface area contributed by atoms with Crippen molar-refractivity contribution in [2.24, 2.45) is 0 Å². The van der Waals surface area contributed by atoms with Crippen LogP contribution in [0.25, 0.3) is 6.08 Å². The van der Waals surface area contributed by atoms with Crippen LogP contribution in [0.4, 0.5) is 0 Å². The molecule has 1 fully saturated rings. The van der Waals surface area contributed by atoms with Gasteiger partial charge in [0.25, 0.3) is 11.8 Å². The summed E-state index contributed by atoms with van der Waals surface area (Å²) in [5, 5.41) is 0.172. The second-order valence-electron chi connectivity index (χ2n) is 5.93. The quantitative estimate of drug-likeness (QED) is 0.399. The number of carbonyl (C=O) groups is 2. The van der Waals surface area contributed by atoms with E-state index >= 15 is 0 Å². The van der Waals surface area contributed by atoms with Crippen LogP contribution in [-0.2, 0) is 9.59 Å². The van der Waals surface area contributed by atoms with Crippen LogP contribution in [0.3, 0.4) is 0 Å². The summed E-state index contributed by atoms with van der Waals surface area (Å²) in [6.45, 7) is 4.00. The lowest BCUT2D eigenvalue weighted by Crippen LogP contribution is -2.52. The van der Waals surface area contributed by atoms with Gasteiger partial charge in [0.15, 0.2) is 16.6 Å². The summed E-state index contributed by atoms with van der Waals surface area (Å²) >= 11 is 8.57. The van der Waals surface area contributed by atoms with Crippen molar-refractivity contribution in [1.29, 1.82) is 0 Å². The van der Waals surface area contributed by atoms with Crippen LogP contribution >= 0.6 is 28.1 Å². The Kier molecular flexibility index (Phi) is 6.41. The standard InChI is InChI=1S/C18H21BrN2O4S/c1-6-10(2)25-15-9-13(19)11(8-14(15)24-5)7-12-16(22)20(3)18(26)21(4)17(12)23/h7-10H,6H2,1-5H3/t10-/m1/s1. The van der Waals surface area contributed by atoms with Gasteiger partial charge in [-0.2, -0.15) is 0 Å². The molecule has 6 nitrogen and oxygen atoms in total. The van der Waals surface area contributed by atoms with Crippen LogP contribution in [0.1, 0.15) is 25.8 Å². The number of hydrogen-bond acceptors (Lipinski definition) is 5. The Morgan fingerprint density at radius 2 is 1.77 bits per heavy atom. The molecular formula is C18H21BrN2O4S. The lowest BCUT2D eigenvalue weighted by molar-refractivity contribution is -0.132. The maximum absolute atomic E-state index is 12.5. The largest absolute Gasteiger partial charge is 0.493 e. The Labute approximate surface area is 166 Å². The molecule has 0 unspecified atom stereocenters. The molecule has 0 saturated carbocycles. The van der Waals surface area contributed by atoms with Gasteiger partial charge in [-0.15, -0.1) is 0 Å². The van der Waals surface area contributed by atoms with Gasteiger partial charge in [-0.1, -0.05) is 22.9 Å². The highest BCUT2D eigenvalue weighted by Gasteiger charge is 2.35. The fraction of sp³-hybridized carbons (Fsp3) is 0.389. The summed E-state index contributed by atoms with van der Waals surface area (Å²) < 4.78 is 11.9. The number of nitrogens with zero attached hydrogens (tertiary/aromatic N) is 2. The normalized spacial score (nSPS) is 16.1. The molecule has 1 saturated heterocycles. The summed E-state index contributed by atoms with van der Waals surface area (Å²) in [7, 11) is 4.63. The van der Waals surface area contributed by atoms with Gasteiger partial charge in [-0.25, -0.2) is 0 Å². The maximum atomic E-state index is 12.5. The zero-order valence-electron chi connectivity index (χ0n) is 15.3. The molecule has 1 atom stereocenters. The minimum Gasteiger partial charge on any atom is -0.493 e. The lowest BCUT2D eigenvalue weighted by Gasteiger charge is -2.31. The van der Waals surface area contributed by atoms with Crippen molar-refractivity contribution in [3.8, 4) is 11.5 Å². The minimum atomic E-state index is -0.441. The van der Waals surface area contributed by atoms with E-state index in [1.54, 1.807) is 33.3 Å². The average Bonchev–Trinajstić information content (AvgIpc) is 2.63. The Bertz CT molecular complexity index is 768. The zero-order chi connectivity index (χ0) is 19.6. The second kappa shape index (κ2) is 8.18. The first-order valence-electron chi connectivity index (χ1n) is 8.07. The van der Waals surface area contributed by atoms with E-state index in [1.807, 2.05) is 13.8 Å². The number of likely N-dealkylation sites (N-methyl/N-ethyl adjacent to an activating group) is 2. The van der Waals surface area contributed by atoms with Crippen LogP contribution in [-0.4, -0.2) is 54.0 Å². The number of carbonyl (C=O) groups excluding carboxylic acids is 2. The molecule has 1 aliphatic heterocycles. The first kappa shape index (κ1) is 20.4. The molecule has 0 radical (unpaired) electrons. The monoisotopic (exact) mass is 440 g/mol. The van der Waals surface area contributed by atoms with Crippen LogP contribution in [0, 0.1) is 0 Å². The van der Waals surface area contributed by atoms with Crippen LogP contribution in [0.5, 0.6) is 11.5 Å². The number of ether oxygens (including phenoxy) is 2. The summed E-state index contributed by atoms with van der Waals surface area (Å²) in [5.41, 5.74) is 0.659. The van der Waals surface area contributed by atoms with Gasteiger partial charge in [-0.3, -0.25) is 19.4 Å². The summed E-state index contributed by atoms with van der Waals surface area (Å²) in [6.07, 6.45) is 2.41. The highest BCUT2D eigenvalue weighted by atomic mass is 79.9. The summed E-state index contributed by atoms with van der Waals surface area (Å²) in [4.78, 5) is 27.5. The number of hydrogen-bond donors (Lipinski definition) is 0. The molecule has 0 spiro atoms. The van der Waals surface area contributed by atoms with E-state index in [9.17, 15) is 9.59 Å². The molecule has 1 aliphatic rings. The first-order chi connectivity index (χ1) is 12.2. The van der Waals surface area contributed by atoms with E-state index in [4.69, 9.17) is 21.7 Å². The minimum absolute atomic E-state index is 0.0296. The Balaban J connectivity index is 2.48. The third kappa shape index (κ3) is 3.91. The Hall–Kier alpha value is -1.93. The molecule has 1 aromatic carbocycles. The fourth-order valence-electron chi connectivity index (χ4n) is 2.34. The van der Waals surface area contributed by atoms with Crippen LogP contribution in [0.15, 0.2) is 22.2 Å². The Morgan fingerprint density at radius 1 is 1.19 bits per heavy atom. The van der Waals surface area contributed by atoms with Crippen molar-refractivity contribution in [2.75, 3.05) is 21.2 Å².